The molecule has 0 unspecified atom stereocenters. The third-order valence-corrected chi connectivity index (χ3v) is 2.29. The van der Waals surface area contributed by atoms with Crippen molar-refractivity contribution in [3.8, 4) is 5.75 Å². The maximum atomic E-state index is 11.4. The summed E-state index contributed by atoms with van der Waals surface area (Å²) in [5.41, 5.74) is 7.14. The third-order valence-electron chi connectivity index (χ3n) is 2.29. The van der Waals surface area contributed by atoms with Crippen LogP contribution in [-0.2, 0) is 9.53 Å². The van der Waals surface area contributed by atoms with Crippen molar-refractivity contribution in [2.75, 3.05) is 33.1 Å². The largest absolute Gasteiger partial charge is 0.495 e. The Labute approximate surface area is 107 Å². The zero-order chi connectivity index (χ0) is 13.4. The minimum absolute atomic E-state index is 0.165. The van der Waals surface area contributed by atoms with Gasteiger partial charge in [0.1, 0.15) is 5.75 Å². The Morgan fingerprint density at radius 3 is 2.83 bits per heavy atom. The summed E-state index contributed by atoms with van der Waals surface area (Å²) < 4.78 is 9.88. The number of ether oxygens (including phenoxy) is 2. The Kier molecular flexibility index (Phi) is 5.73. The number of amides is 1. The summed E-state index contributed by atoms with van der Waals surface area (Å²) in [4.78, 5) is 11.4. The van der Waals surface area contributed by atoms with E-state index in [0.29, 0.717) is 24.6 Å². The summed E-state index contributed by atoms with van der Waals surface area (Å²) >= 11 is 0. The first kappa shape index (κ1) is 14.1. The van der Waals surface area contributed by atoms with Crippen LogP contribution in [0.4, 0.5) is 5.69 Å². The Bertz CT molecular complexity index is 430. The summed E-state index contributed by atoms with van der Waals surface area (Å²) in [6.45, 7) is 0.986. The van der Waals surface area contributed by atoms with Crippen LogP contribution in [0.2, 0.25) is 0 Å². The minimum Gasteiger partial charge on any atom is -0.495 e. The molecule has 0 heterocycles. The molecule has 0 bridgehead atoms. The SMILES string of the molecule is COCCNC(=O)/C=C/c1ccc(OC)c(N)c1. The van der Waals surface area contributed by atoms with Crippen molar-refractivity contribution < 1.29 is 14.3 Å². The van der Waals surface area contributed by atoms with Crippen LogP contribution in [0.15, 0.2) is 24.3 Å². The number of methoxy groups -OCH3 is 2. The van der Waals surface area contributed by atoms with E-state index in [4.69, 9.17) is 15.2 Å². The van der Waals surface area contributed by atoms with Gasteiger partial charge in [-0.25, -0.2) is 0 Å². The number of carbonyl (C=O) groups is 1. The lowest BCUT2D eigenvalue weighted by atomic mass is 10.1. The van der Waals surface area contributed by atoms with Gasteiger partial charge < -0.3 is 20.5 Å². The Balaban J connectivity index is 2.56. The molecule has 3 N–H and O–H groups in total. The Hall–Kier alpha value is -2.01. The van der Waals surface area contributed by atoms with Gasteiger partial charge in [-0.1, -0.05) is 6.07 Å². The molecule has 0 aliphatic rings. The number of carbonyl (C=O) groups excluding carboxylic acids is 1. The molecule has 0 aliphatic carbocycles. The van der Waals surface area contributed by atoms with Crippen molar-refractivity contribution in [3.63, 3.8) is 0 Å². The minimum atomic E-state index is -0.165. The lowest BCUT2D eigenvalue weighted by Gasteiger charge is -2.04. The summed E-state index contributed by atoms with van der Waals surface area (Å²) in [6, 6.07) is 5.34. The number of rotatable bonds is 6. The summed E-state index contributed by atoms with van der Waals surface area (Å²) in [5, 5.41) is 2.68. The van der Waals surface area contributed by atoms with E-state index in [1.54, 1.807) is 32.4 Å². The van der Waals surface area contributed by atoms with Gasteiger partial charge in [-0.2, -0.15) is 0 Å². The van der Waals surface area contributed by atoms with Crippen molar-refractivity contribution in [2.24, 2.45) is 0 Å². The molecule has 0 fully saturated rings. The van der Waals surface area contributed by atoms with Gasteiger partial charge in [0.2, 0.25) is 5.91 Å². The van der Waals surface area contributed by atoms with Crippen LogP contribution in [-0.4, -0.2) is 33.3 Å². The fourth-order valence-corrected chi connectivity index (χ4v) is 1.36. The van der Waals surface area contributed by atoms with Gasteiger partial charge in [-0.15, -0.1) is 0 Å². The second kappa shape index (κ2) is 7.34. The number of hydrogen-bond donors (Lipinski definition) is 2. The quantitative estimate of drug-likeness (QED) is 0.449. The maximum Gasteiger partial charge on any atom is 0.244 e. The van der Waals surface area contributed by atoms with E-state index in [9.17, 15) is 4.79 Å². The zero-order valence-corrected chi connectivity index (χ0v) is 10.6. The summed E-state index contributed by atoms with van der Waals surface area (Å²) in [5.74, 6) is 0.457. The monoisotopic (exact) mass is 250 g/mol. The molecule has 0 radical (unpaired) electrons. The predicted molar refractivity (Wildman–Crippen MR) is 71.3 cm³/mol. The van der Waals surface area contributed by atoms with Crippen LogP contribution in [0, 0.1) is 0 Å². The van der Waals surface area contributed by atoms with Gasteiger partial charge in [0.25, 0.3) is 0 Å². The van der Waals surface area contributed by atoms with Crippen molar-refractivity contribution in [1.82, 2.24) is 5.32 Å². The molecule has 1 aromatic carbocycles. The molecular formula is C13H18N2O3. The molecule has 5 heteroatoms. The average molecular weight is 250 g/mol. The lowest BCUT2D eigenvalue weighted by molar-refractivity contribution is -0.116. The second-order valence-electron chi connectivity index (χ2n) is 3.62. The van der Waals surface area contributed by atoms with Crippen molar-refractivity contribution >= 4 is 17.7 Å². The van der Waals surface area contributed by atoms with Crippen LogP contribution in [0.5, 0.6) is 5.75 Å². The zero-order valence-electron chi connectivity index (χ0n) is 10.6. The van der Waals surface area contributed by atoms with Crippen LogP contribution in [0.1, 0.15) is 5.56 Å². The third kappa shape index (κ3) is 4.47. The van der Waals surface area contributed by atoms with Crippen LogP contribution in [0.3, 0.4) is 0 Å². The first-order valence-electron chi connectivity index (χ1n) is 5.55. The maximum absolute atomic E-state index is 11.4. The number of benzene rings is 1. The van der Waals surface area contributed by atoms with Crippen molar-refractivity contribution in [3.05, 3.63) is 29.8 Å². The highest BCUT2D eigenvalue weighted by Gasteiger charge is 1.99. The van der Waals surface area contributed by atoms with Crippen molar-refractivity contribution in [2.45, 2.75) is 0 Å². The molecule has 0 aliphatic heterocycles. The van der Waals surface area contributed by atoms with E-state index < -0.39 is 0 Å². The standard InChI is InChI=1S/C13H18N2O3/c1-17-8-7-15-13(16)6-4-10-3-5-12(18-2)11(14)9-10/h3-6,9H,7-8,14H2,1-2H3,(H,15,16)/b6-4+. The molecule has 18 heavy (non-hydrogen) atoms. The number of nitrogens with two attached hydrogens (primary N) is 1. The van der Waals surface area contributed by atoms with Crippen molar-refractivity contribution in [1.29, 1.82) is 0 Å². The Morgan fingerprint density at radius 2 is 2.22 bits per heavy atom. The van der Waals surface area contributed by atoms with Crippen LogP contribution >= 0.6 is 0 Å². The van der Waals surface area contributed by atoms with E-state index in [0.717, 1.165) is 5.56 Å². The van der Waals surface area contributed by atoms with Gasteiger partial charge >= 0.3 is 0 Å². The van der Waals surface area contributed by atoms with E-state index in [1.807, 2.05) is 6.07 Å². The summed E-state index contributed by atoms with van der Waals surface area (Å²) in [6.07, 6.45) is 3.15. The van der Waals surface area contributed by atoms with E-state index >= 15 is 0 Å². The molecule has 0 saturated heterocycles. The van der Waals surface area contributed by atoms with Crippen LogP contribution in [0.25, 0.3) is 6.08 Å². The van der Waals surface area contributed by atoms with E-state index in [1.165, 1.54) is 6.08 Å². The fourth-order valence-electron chi connectivity index (χ4n) is 1.36. The second-order valence-corrected chi connectivity index (χ2v) is 3.62. The highest BCUT2D eigenvalue weighted by Crippen LogP contribution is 2.22. The smallest absolute Gasteiger partial charge is 0.244 e. The number of hydrogen-bond acceptors (Lipinski definition) is 4. The topological polar surface area (TPSA) is 73.6 Å². The van der Waals surface area contributed by atoms with Gasteiger partial charge in [-0.05, 0) is 23.8 Å². The van der Waals surface area contributed by atoms with Gasteiger partial charge in [-0.3, -0.25) is 4.79 Å². The molecule has 0 saturated carbocycles. The number of nitrogens with one attached hydrogen (secondary N) is 1. The van der Waals surface area contributed by atoms with E-state index in [2.05, 4.69) is 5.32 Å². The molecule has 0 spiro atoms. The average Bonchev–Trinajstić information content (AvgIpc) is 2.37. The molecular weight excluding hydrogens is 232 g/mol. The Morgan fingerprint density at radius 1 is 1.44 bits per heavy atom. The fraction of sp³-hybridized carbons (Fsp3) is 0.308. The molecule has 1 rings (SSSR count). The van der Waals surface area contributed by atoms with Gasteiger partial charge in [0.15, 0.2) is 0 Å². The molecule has 1 aromatic rings. The molecule has 0 atom stereocenters. The lowest BCUT2D eigenvalue weighted by Crippen LogP contribution is -2.24. The molecule has 1 amide bonds. The molecule has 0 aromatic heterocycles. The predicted octanol–water partition coefficient (Wildman–Crippen LogP) is 1.05. The number of anilines is 1. The summed E-state index contributed by atoms with van der Waals surface area (Å²) in [7, 11) is 3.15. The first-order chi connectivity index (χ1) is 8.67. The normalized spacial score (nSPS) is 10.6. The highest BCUT2D eigenvalue weighted by atomic mass is 16.5. The van der Waals surface area contributed by atoms with Gasteiger partial charge in [0, 0.05) is 19.7 Å². The first-order valence-corrected chi connectivity index (χ1v) is 5.55. The molecule has 98 valence electrons. The van der Waals surface area contributed by atoms with Gasteiger partial charge in [0.05, 0.1) is 19.4 Å². The van der Waals surface area contributed by atoms with Crippen LogP contribution < -0.4 is 15.8 Å². The number of nitrogen functional groups attached to an aromatic ring is 1. The molecule has 5 nitrogen and oxygen atoms in total. The van der Waals surface area contributed by atoms with E-state index in [-0.39, 0.29) is 5.91 Å². The highest BCUT2D eigenvalue weighted by molar-refractivity contribution is 5.91.